The van der Waals surface area contributed by atoms with E-state index in [0.29, 0.717) is 11.3 Å². The van der Waals surface area contributed by atoms with E-state index < -0.39 is 20.6 Å². The minimum Gasteiger partial charge on any atom is -0.462 e. The van der Waals surface area contributed by atoms with Gasteiger partial charge in [0, 0.05) is 24.4 Å². The molecule has 2 rings (SSSR count). The fourth-order valence-corrected chi connectivity index (χ4v) is 2.83. The zero-order valence-corrected chi connectivity index (χ0v) is 17.0. The highest BCUT2D eigenvalue weighted by Gasteiger charge is 2.31. The number of rotatable bonds is 6. The Labute approximate surface area is 154 Å². The number of pyridine rings is 1. The lowest BCUT2D eigenvalue weighted by molar-refractivity contribution is 0.0527. The third-order valence-corrected chi connectivity index (χ3v) is 6.91. The number of aromatic nitrogens is 1. The van der Waals surface area contributed by atoms with Gasteiger partial charge in [-0.05, 0) is 45.7 Å². The van der Waals surface area contributed by atoms with Gasteiger partial charge in [-0.25, -0.2) is 13.2 Å². The monoisotopic (exact) mass is 378 g/mol. The molecule has 1 heterocycles. The molecular formula is C19H26N2O4S. The number of hydrogen-bond acceptors (Lipinski definition) is 6. The van der Waals surface area contributed by atoms with E-state index in [1.54, 1.807) is 20.8 Å². The smallest absolute Gasteiger partial charge is 0.341 e. The Kier molecular flexibility index (Phi) is 5.61. The molecule has 0 spiro atoms. The van der Waals surface area contributed by atoms with E-state index in [2.05, 4.69) is 10.3 Å². The van der Waals surface area contributed by atoms with Crippen LogP contribution in [0.5, 0.6) is 0 Å². The third-order valence-electron chi connectivity index (χ3n) is 4.75. The molecule has 6 nitrogen and oxygen atoms in total. The molecule has 0 aliphatic heterocycles. The van der Waals surface area contributed by atoms with Gasteiger partial charge < -0.3 is 10.1 Å². The fraction of sp³-hybridized carbons (Fsp3) is 0.474. The standard InChI is InChI=1S/C19H26N2O4S/c1-7-25-18(22)15-10-20-16-13(3)12(2)8-9-14(16)17(15)21-11-19(4,5)26(6,23)24/h8-10H,7,11H2,1-6H3,(H,20,21). The molecule has 0 aliphatic rings. The molecule has 1 aromatic carbocycles. The highest BCUT2D eigenvalue weighted by Crippen LogP contribution is 2.31. The van der Waals surface area contributed by atoms with Crippen molar-refractivity contribution in [2.24, 2.45) is 0 Å². The number of carbonyl (C=O) groups is 1. The van der Waals surface area contributed by atoms with E-state index in [4.69, 9.17) is 4.74 Å². The van der Waals surface area contributed by atoms with Crippen molar-refractivity contribution in [3.05, 3.63) is 35.0 Å². The molecule has 0 radical (unpaired) electrons. The predicted molar refractivity (Wildman–Crippen MR) is 105 cm³/mol. The number of sulfone groups is 1. The molecule has 0 bridgehead atoms. The number of nitrogens with zero attached hydrogens (tertiary/aromatic N) is 1. The number of carbonyl (C=O) groups excluding carboxylic acids is 1. The normalized spacial score (nSPS) is 12.2. The number of nitrogens with one attached hydrogen (secondary N) is 1. The summed E-state index contributed by atoms with van der Waals surface area (Å²) in [5.41, 5.74) is 3.73. The molecule has 26 heavy (non-hydrogen) atoms. The second kappa shape index (κ2) is 7.23. The van der Waals surface area contributed by atoms with Crippen LogP contribution in [0.25, 0.3) is 10.9 Å². The summed E-state index contributed by atoms with van der Waals surface area (Å²) in [5, 5.41) is 3.94. The largest absolute Gasteiger partial charge is 0.462 e. The Morgan fingerprint density at radius 1 is 1.27 bits per heavy atom. The number of esters is 1. The van der Waals surface area contributed by atoms with Gasteiger partial charge in [0.15, 0.2) is 9.84 Å². The van der Waals surface area contributed by atoms with Gasteiger partial charge in [0.25, 0.3) is 0 Å². The number of anilines is 1. The van der Waals surface area contributed by atoms with Crippen LogP contribution >= 0.6 is 0 Å². The molecule has 0 unspecified atom stereocenters. The highest BCUT2D eigenvalue weighted by atomic mass is 32.2. The molecule has 142 valence electrons. The fourth-order valence-electron chi connectivity index (χ4n) is 2.49. The lowest BCUT2D eigenvalue weighted by atomic mass is 10.0. The maximum absolute atomic E-state index is 12.4. The number of fused-ring (bicyclic) bond motifs is 1. The van der Waals surface area contributed by atoms with Crippen molar-refractivity contribution in [1.82, 2.24) is 4.98 Å². The van der Waals surface area contributed by atoms with Gasteiger partial charge in [-0.1, -0.05) is 12.1 Å². The van der Waals surface area contributed by atoms with Crippen LogP contribution < -0.4 is 5.32 Å². The molecule has 0 saturated carbocycles. The van der Waals surface area contributed by atoms with Gasteiger partial charge in [-0.15, -0.1) is 0 Å². The van der Waals surface area contributed by atoms with Crippen LogP contribution in [0.3, 0.4) is 0 Å². The summed E-state index contributed by atoms with van der Waals surface area (Å²) in [7, 11) is -3.28. The molecule has 0 atom stereocenters. The first-order valence-electron chi connectivity index (χ1n) is 8.49. The van der Waals surface area contributed by atoms with Crippen molar-refractivity contribution in [1.29, 1.82) is 0 Å². The molecule has 0 aliphatic carbocycles. The number of aryl methyl sites for hydroxylation is 2. The summed E-state index contributed by atoms with van der Waals surface area (Å²) in [5.74, 6) is -0.486. The van der Waals surface area contributed by atoms with E-state index in [-0.39, 0.29) is 13.2 Å². The Bertz CT molecular complexity index is 950. The number of ether oxygens (including phenoxy) is 1. The average molecular weight is 378 g/mol. The predicted octanol–water partition coefficient (Wildman–Crippen LogP) is 3.26. The molecule has 1 aromatic heterocycles. The summed E-state index contributed by atoms with van der Waals surface area (Å²) in [4.78, 5) is 16.8. The Morgan fingerprint density at radius 3 is 2.50 bits per heavy atom. The summed E-state index contributed by atoms with van der Waals surface area (Å²) >= 11 is 0. The highest BCUT2D eigenvalue weighted by molar-refractivity contribution is 7.92. The first-order valence-corrected chi connectivity index (χ1v) is 10.4. The number of hydrogen-bond donors (Lipinski definition) is 1. The molecule has 7 heteroatoms. The molecular weight excluding hydrogens is 352 g/mol. The SMILES string of the molecule is CCOC(=O)c1cnc2c(C)c(C)ccc2c1NCC(C)(C)S(C)(=O)=O. The van der Waals surface area contributed by atoms with Crippen molar-refractivity contribution in [2.45, 2.75) is 39.4 Å². The van der Waals surface area contributed by atoms with Crippen molar-refractivity contribution >= 4 is 32.4 Å². The van der Waals surface area contributed by atoms with E-state index in [1.165, 1.54) is 12.5 Å². The van der Waals surface area contributed by atoms with E-state index in [9.17, 15) is 13.2 Å². The van der Waals surface area contributed by atoms with Crippen LogP contribution in [0.1, 0.15) is 42.3 Å². The van der Waals surface area contributed by atoms with E-state index in [0.717, 1.165) is 22.0 Å². The van der Waals surface area contributed by atoms with Crippen LogP contribution in [0, 0.1) is 13.8 Å². The van der Waals surface area contributed by atoms with Gasteiger partial charge >= 0.3 is 5.97 Å². The summed E-state index contributed by atoms with van der Waals surface area (Å²) in [6.45, 7) is 9.41. The van der Waals surface area contributed by atoms with Crippen LogP contribution in [-0.2, 0) is 14.6 Å². The minimum atomic E-state index is -3.28. The Morgan fingerprint density at radius 2 is 1.92 bits per heavy atom. The van der Waals surface area contributed by atoms with Gasteiger partial charge in [-0.3, -0.25) is 4.98 Å². The van der Waals surface area contributed by atoms with Crippen molar-refractivity contribution < 1.29 is 17.9 Å². The zero-order chi connectivity index (χ0) is 19.7. The summed E-state index contributed by atoms with van der Waals surface area (Å²) in [6.07, 6.45) is 2.70. The van der Waals surface area contributed by atoms with Gasteiger partial charge in [0.2, 0.25) is 0 Å². The van der Waals surface area contributed by atoms with Crippen LogP contribution in [0.2, 0.25) is 0 Å². The van der Waals surface area contributed by atoms with Gasteiger partial charge in [0.1, 0.15) is 5.56 Å². The topological polar surface area (TPSA) is 85.4 Å². The molecule has 0 saturated heterocycles. The lowest BCUT2D eigenvalue weighted by Gasteiger charge is -2.25. The average Bonchev–Trinajstić information content (AvgIpc) is 2.55. The molecule has 1 N–H and O–H groups in total. The quantitative estimate of drug-likeness (QED) is 0.777. The maximum Gasteiger partial charge on any atom is 0.341 e. The summed E-state index contributed by atoms with van der Waals surface area (Å²) in [6, 6.07) is 3.85. The van der Waals surface area contributed by atoms with Crippen molar-refractivity contribution in [2.75, 3.05) is 24.7 Å². The van der Waals surface area contributed by atoms with Crippen LogP contribution in [-0.4, -0.2) is 43.5 Å². The Hall–Kier alpha value is -2.15. The third kappa shape index (κ3) is 3.82. The van der Waals surface area contributed by atoms with Crippen LogP contribution in [0.15, 0.2) is 18.3 Å². The molecule has 0 amide bonds. The lowest BCUT2D eigenvalue weighted by Crippen LogP contribution is -2.38. The second-order valence-corrected chi connectivity index (χ2v) is 9.71. The number of benzene rings is 1. The maximum atomic E-state index is 12.4. The second-order valence-electron chi connectivity index (χ2n) is 7.06. The molecule has 2 aromatic rings. The zero-order valence-electron chi connectivity index (χ0n) is 16.1. The van der Waals surface area contributed by atoms with E-state index in [1.807, 2.05) is 26.0 Å². The van der Waals surface area contributed by atoms with Gasteiger partial charge in [-0.2, -0.15) is 0 Å². The van der Waals surface area contributed by atoms with E-state index >= 15 is 0 Å². The molecule has 0 fully saturated rings. The van der Waals surface area contributed by atoms with Gasteiger partial charge in [0.05, 0.1) is 22.6 Å². The Balaban J connectivity index is 2.61. The first-order chi connectivity index (χ1) is 12.0. The minimum absolute atomic E-state index is 0.157. The van der Waals surface area contributed by atoms with Crippen molar-refractivity contribution in [3.63, 3.8) is 0 Å². The van der Waals surface area contributed by atoms with Crippen LogP contribution in [0.4, 0.5) is 5.69 Å². The first kappa shape index (κ1) is 20.2. The summed E-state index contributed by atoms with van der Waals surface area (Å²) < 4.78 is 28.2. The van der Waals surface area contributed by atoms with Crippen molar-refractivity contribution in [3.8, 4) is 0 Å².